The molecule has 0 aromatic carbocycles. The van der Waals surface area contributed by atoms with Gasteiger partial charge in [-0.1, -0.05) is 13.8 Å². The van der Waals surface area contributed by atoms with Crippen LogP contribution in [0.15, 0.2) is 10.7 Å². The Morgan fingerprint density at radius 2 is 2.28 bits per heavy atom. The van der Waals surface area contributed by atoms with Crippen LogP contribution in [0.5, 0.6) is 0 Å². The van der Waals surface area contributed by atoms with E-state index in [-0.39, 0.29) is 0 Å². The van der Waals surface area contributed by atoms with Gasteiger partial charge in [-0.25, -0.2) is 9.97 Å². The van der Waals surface area contributed by atoms with Gasteiger partial charge >= 0.3 is 0 Å². The Hall–Kier alpha value is -0.680. The standard InChI is InChI=1S/C13H20BrN3O/c1-3-5-12-15-11(14)8-13(16-12)17-6-7-18-10(4-2)9-17/h8,10H,3-7,9H2,1-2H3. The zero-order chi connectivity index (χ0) is 13.0. The van der Waals surface area contributed by atoms with E-state index in [4.69, 9.17) is 4.74 Å². The Morgan fingerprint density at radius 1 is 1.44 bits per heavy atom. The first kappa shape index (κ1) is 13.7. The largest absolute Gasteiger partial charge is 0.375 e. The summed E-state index contributed by atoms with van der Waals surface area (Å²) in [5.41, 5.74) is 0. The number of halogens is 1. The molecule has 100 valence electrons. The highest BCUT2D eigenvalue weighted by atomic mass is 79.9. The van der Waals surface area contributed by atoms with E-state index >= 15 is 0 Å². The number of rotatable bonds is 4. The topological polar surface area (TPSA) is 38.2 Å². The zero-order valence-electron chi connectivity index (χ0n) is 11.0. The highest BCUT2D eigenvalue weighted by molar-refractivity contribution is 9.10. The lowest BCUT2D eigenvalue weighted by Gasteiger charge is -2.33. The van der Waals surface area contributed by atoms with Crippen LogP contribution in [0.1, 0.15) is 32.5 Å². The van der Waals surface area contributed by atoms with E-state index in [1.807, 2.05) is 6.07 Å². The lowest BCUT2D eigenvalue weighted by atomic mass is 10.2. The number of ether oxygens (including phenoxy) is 1. The number of hydrogen-bond donors (Lipinski definition) is 0. The van der Waals surface area contributed by atoms with E-state index < -0.39 is 0 Å². The van der Waals surface area contributed by atoms with Crippen LogP contribution in [-0.4, -0.2) is 35.8 Å². The molecule has 1 aliphatic rings. The summed E-state index contributed by atoms with van der Waals surface area (Å²) in [6.07, 6.45) is 3.36. The lowest BCUT2D eigenvalue weighted by Crippen LogP contribution is -2.42. The van der Waals surface area contributed by atoms with Gasteiger partial charge in [0, 0.05) is 25.6 Å². The first-order chi connectivity index (χ1) is 8.72. The Balaban J connectivity index is 2.16. The minimum absolute atomic E-state index is 0.321. The fourth-order valence-electron chi connectivity index (χ4n) is 2.12. The van der Waals surface area contributed by atoms with Crippen molar-refractivity contribution >= 4 is 21.7 Å². The Kier molecular flexibility index (Phi) is 4.95. The highest BCUT2D eigenvalue weighted by Crippen LogP contribution is 2.20. The Bertz CT molecular complexity index is 400. The van der Waals surface area contributed by atoms with Gasteiger partial charge in [0.05, 0.1) is 12.7 Å². The third-order valence-electron chi connectivity index (χ3n) is 3.12. The van der Waals surface area contributed by atoms with Crippen LogP contribution in [0.2, 0.25) is 0 Å². The fraction of sp³-hybridized carbons (Fsp3) is 0.692. The van der Waals surface area contributed by atoms with Gasteiger partial charge in [0.15, 0.2) is 0 Å². The van der Waals surface area contributed by atoms with Crippen LogP contribution in [-0.2, 0) is 11.2 Å². The molecule has 2 heterocycles. The van der Waals surface area contributed by atoms with Crippen LogP contribution >= 0.6 is 15.9 Å². The van der Waals surface area contributed by atoms with E-state index in [9.17, 15) is 0 Å². The highest BCUT2D eigenvalue weighted by Gasteiger charge is 2.20. The summed E-state index contributed by atoms with van der Waals surface area (Å²) in [5, 5.41) is 0. The van der Waals surface area contributed by atoms with Crippen molar-refractivity contribution in [3.8, 4) is 0 Å². The molecule has 1 fully saturated rings. The molecule has 0 bridgehead atoms. The van der Waals surface area contributed by atoms with Gasteiger partial charge in [0.2, 0.25) is 0 Å². The first-order valence-corrected chi connectivity index (χ1v) is 7.42. The second-order valence-corrected chi connectivity index (χ2v) is 5.37. The van der Waals surface area contributed by atoms with Crippen LogP contribution in [0.3, 0.4) is 0 Å². The zero-order valence-corrected chi connectivity index (χ0v) is 12.6. The van der Waals surface area contributed by atoms with Gasteiger partial charge < -0.3 is 9.64 Å². The third-order valence-corrected chi connectivity index (χ3v) is 3.53. The van der Waals surface area contributed by atoms with E-state index in [1.165, 1.54) is 0 Å². The van der Waals surface area contributed by atoms with Gasteiger partial charge in [-0.2, -0.15) is 0 Å². The Morgan fingerprint density at radius 3 is 3.00 bits per heavy atom. The Labute approximate surface area is 117 Å². The van der Waals surface area contributed by atoms with Crippen molar-refractivity contribution in [2.24, 2.45) is 0 Å². The summed E-state index contributed by atoms with van der Waals surface area (Å²) in [5.74, 6) is 1.93. The molecular formula is C13H20BrN3O. The second kappa shape index (κ2) is 6.48. The molecule has 1 unspecified atom stereocenters. The molecule has 2 rings (SSSR count). The van der Waals surface area contributed by atoms with Crippen molar-refractivity contribution in [2.45, 2.75) is 39.2 Å². The molecule has 0 N–H and O–H groups in total. The fourth-order valence-corrected chi connectivity index (χ4v) is 2.53. The molecule has 1 aromatic heterocycles. The summed E-state index contributed by atoms with van der Waals surface area (Å²) < 4.78 is 6.56. The number of nitrogens with zero attached hydrogens (tertiary/aromatic N) is 3. The maximum atomic E-state index is 5.69. The van der Waals surface area contributed by atoms with Gasteiger partial charge in [-0.3, -0.25) is 0 Å². The predicted molar refractivity (Wildman–Crippen MR) is 76.0 cm³/mol. The number of anilines is 1. The van der Waals surface area contributed by atoms with E-state index in [0.717, 1.165) is 55.2 Å². The lowest BCUT2D eigenvalue weighted by molar-refractivity contribution is 0.0381. The predicted octanol–water partition coefficient (Wildman–Crippen LogP) is 2.81. The maximum Gasteiger partial charge on any atom is 0.133 e. The van der Waals surface area contributed by atoms with Crippen molar-refractivity contribution in [1.82, 2.24) is 9.97 Å². The maximum absolute atomic E-state index is 5.69. The molecule has 0 aliphatic carbocycles. The number of aryl methyl sites for hydroxylation is 1. The summed E-state index contributed by atoms with van der Waals surface area (Å²) in [7, 11) is 0. The average molecular weight is 314 g/mol. The summed E-state index contributed by atoms with van der Waals surface area (Å²) in [6, 6.07) is 2.00. The minimum Gasteiger partial charge on any atom is -0.375 e. The van der Waals surface area contributed by atoms with Crippen LogP contribution in [0, 0.1) is 0 Å². The summed E-state index contributed by atoms with van der Waals surface area (Å²) >= 11 is 3.47. The smallest absolute Gasteiger partial charge is 0.133 e. The van der Waals surface area contributed by atoms with Crippen molar-refractivity contribution in [2.75, 3.05) is 24.6 Å². The molecular weight excluding hydrogens is 294 g/mol. The van der Waals surface area contributed by atoms with Gasteiger partial charge in [0.25, 0.3) is 0 Å². The average Bonchev–Trinajstić information content (AvgIpc) is 2.38. The minimum atomic E-state index is 0.321. The molecule has 0 radical (unpaired) electrons. The normalized spacial score (nSPS) is 20.2. The molecule has 1 atom stereocenters. The van der Waals surface area contributed by atoms with Crippen LogP contribution in [0.25, 0.3) is 0 Å². The second-order valence-electron chi connectivity index (χ2n) is 4.56. The van der Waals surface area contributed by atoms with Gasteiger partial charge in [-0.05, 0) is 28.8 Å². The molecule has 5 heteroatoms. The number of hydrogen-bond acceptors (Lipinski definition) is 4. The molecule has 1 saturated heterocycles. The summed E-state index contributed by atoms with van der Waals surface area (Å²) in [6.45, 7) is 6.92. The molecule has 18 heavy (non-hydrogen) atoms. The molecule has 0 amide bonds. The third kappa shape index (κ3) is 3.42. The molecule has 0 saturated carbocycles. The van der Waals surface area contributed by atoms with Crippen molar-refractivity contribution < 1.29 is 4.74 Å². The molecule has 0 spiro atoms. The quantitative estimate of drug-likeness (QED) is 0.801. The molecule has 4 nitrogen and oxygen atoms in total. The SMILES string of the molecule is CCCc1nc(Br)cc(N2CCOC(CC)C2)n1. The first-order valence-electron chi connectivity index (χ1n) is 6.63. The van der Waals surface area contributed by atoms with Crippen molar-refractivity contribution in [1.29, 1.82) is 0 Å². The number of morpholine rings is 1. The van der Waals surface area contributed by atoms with Crippen molar-refractivity contribution in [3.05, 3.63) is 16.5 Å². The van der Waals surface area contributed by atoms with Crippen LogP contribution < -0.4 is 4.90 Å². The van der Waals surface area contributed by atoms with E-state index in [0.29, 0.717) is 6.10 Å². The number of aromatic nitrogens is 2. The van der Waals surface area contributed by atoms with Crippen molar-refractivity contribution in [3.63, 3.8) is 0 Å². The van der Waals surface area contributed by atoms with Gasteiger partial charge in [0.1, 0.15) is 16.2 Å². The van der Waals surface area contributed by atoms with Crippen LogP contribution in [0.4, 0.5) is 5.82 Å². The van der Waals surface area contributed by atoms with Gasteiger partial charge in [-0.15, -0.1) is 0 Å². The van der Waals surface area contributed by atoms with E-state index in [1.54, 1.807) is 0 Å². The monoisotopic (exact) mass is 313 g/mol. The molecule has 1 aromatic rings. The molecule has 1 aliphatic heterocycles. The van der Waals surface area contributed by atoms with E-state index in [2.05, 4.69) is 44.6 Å². The summed E-state index contributed by atoms with van der Waals surface area (Å²) in [4.78, 5) is 11.3.